The predicted molar refractivity (Wildman–Crippen MR) is 112 cm³/mol. The van der Waals surface area contributed by atoms with Gasteiger partial charge in [-0.3, -0.25) is 4.98 Å². The van der Waals surface area contributed by atoms with E-state index < -0.39 is 24.5 Å². The van der Waals surface area contributed by atoms with Crippen molar-refractivity contribution in [2.75, 3.05) is 11.9 Å². The smallest absolute Gasteiger partial charge is 0.393 e. The highest BCUT2D eigenvalue weighted by Gasteiger charge is 2.30. The minimum Gasteiger partial charge on any atom is -0.393 e. The number of nitrogens with zero attached hydrogens (tertiary/aromatic N) is 4. The topological polar surface area (TPSA) is 104 Å². The molecule has 0 unspecified atom stereocenters. The van der Waals surface area contributed by atoms with Gasteiger partial charge in [-0.25, -0.2) is 15.0 Å². The molecule has 4 heterocycles. The van der Waals surface area contributed by atoms with Crippen LogP contribution in [0.3, 0.4) is 0 Å². The van der Waals surface area contributed by atoms with Gasteiger partial charge in [-0.1, -0.05) is 11.6 Å². The number of pyridine rings is 4. The summed E-state index contributed by atoms with van der Waals surface area (Å²) in [6.07, 6.45) is -1.90. The highest BCUT2D eigenvalue weighted by molar-refractivity contribution is 6.33. The Morgan fingerprint density at radius 2 is 1.84 bits per heavy atom. The van der Waals surface area contributed by atoms with Gasteiger partial charge in [0.2, 0.25) is 0 Å². The summed E-state index contributed by atoms with van der Waals surface area (Å²) >= 11 is 6.29. The van der Waals surface area contributed by atoms with Crippen LogP contribution in [0.2, 0.25) is 5.02 Å². The van der Waals surface area contributed by atoms with Gasteiger partial charge in [-0.2, -0.15) is 13.2 Å². The lowest BCUT2D eigenvalue weighted by Gasteiger charge is -2.11. The Morgan fingerprint density at radius 1 is 1.03 bits per heavy atom. The number of aliphatic hydroxyl groups excluding tert-OH is 2. The summed E-state index contributed by atoms with van der Waals surface area (Å²) in [5.41, 5.74) is 0.934. The summed E-state index contributed by atoms with van der Waals surface area (Å²) in [4.78, 5) is 16.8. The fraction of sp³-hybridized carbons (Fsp3) is 0.143. The lowest BCUT2D eigenvalue weighted by Crippen LogP contribution is -2.06. The summed E-state index contributed by atoms with van der Waals surface area (Å²) < 4.78 is 38.2. The van der Waals surface area contributed by atoms with Crippen molar-refractivity contribution in [2.45, 2.75) is 12.3 Å². The molecule has 4 aromatic rings. The first-order chi connectivity index (χ1) is 15.3. The molecular formula is C21H15ClF3N5O2. The summed E-state index contributed by atoms with van der Waals surface area (Å²) in [5, 5.41) is 22.6. The van der Waals surface area contributed by atoms with Gasteiger partial charge < -0.3 is 15.5 Å². The first-order valence-corrected chi connectivity index (χ1v) is 9.65. The second kappa shape index (κ2) is 8.65. The Labute approximate surface area is 184 Å². The molecule has 0 bridgehead atoms. The van der Waals surface area contributed by atoms with Gasteiger partial charge in [0.05, 0.1) is 28.4 Å². The van der Waals surface area contributed by atoms with Gasteiger partial charge in [0, 0.05) is 29.5 Å². The monoisotopic (exact) mass is 461 g/mol. The van der Waals surface area contributed by atoms with Crippen LogP contribution < -0.4 is 5.32 Å². The molecule has 0 aliphatic rings. The van der Waals surface area contributed by atoms with Crippen LogP contribution in [0.25, 0.3) is 22.3 Å². The van der Waals surface area contributed by atoms with Crippen molar-refractivity contribution in [3.63, 3.8) is 0 Å². The van der Waals surface area contributed by atoms with Crippen LogP contribution >= 0.6 is 11.6 Å². The molecule has 0 saturated heterocycles. The molecule has 32 heavy (non-hydrogen) atoms. The molecule has 3 N–H and O–H groups in total. The zero-order chi connectivity index (χ0) is 22.9. The van der Waals surface area contributed by atoms with Crippen LogP contribution in [0.15, 0.2) is 55.0 Å². The Kier molecular flexibility index (Phi) is 5.92. The molecule has 0 saturated carbocycles. The van der Waals surface area contributed by atoms with E-state index in [1.165, 1.54) is 24.5 Å². The van der Waals surface area contributed by atoms with E-state index in [-0.39, 0.29) is 10.8 Å². The molecule has 164 valence electrons. The maximum Gasteiger partial charge on any atom is 0.417 e. The van der Waals surface area contributed by atoms with Crippen molar-refractivity contribution in [2.24, 2.45) is 0 Å². The second-order valence-corrected chi connectivity index (χ2v) is 7.18. The predicted octanol–water partition coefficient (Wildman–Crippen LogP) is 4.53. The minimum atomic E-state index is -4.47. The average molecular weight is 462 g/mol. The van der Waals surface area contributed by atoms with Gasteiger partial charge >= 0.3 is 6.18 Å². The molecule has 1 atom stereocenters. The van der Waals surface area contributed by atoms with E-state index >= 15 is 0 Å². The van der Waals surface area contributed by atoms with Crippen LogP contribution in [0.4, 0.5) is 24.8 Å². The summed E-state index contributed by atoms with van der Waals surface area (Å²) in [5.74, 6) is 0.569. The third-order valence-electron chi connectivity index (χ3n) is 4.62. The van der Waals surface area contributed by atoms with Crippen molar-refractivity contribution in [1.82, 2.24) is 19.9 Å². The van der Waals surface area contributed by atoms with Crippen molar-refractivity contribution < 1.29 is 23.4 Å². The van der Waals surface area contributed by atoms with Crippen molar-refractivity contribution >= 4 is 34.1 Å². The number of halogens is 4. The number of nitrogens with one attached hydrogen (secondary N) is 1. The van der Waals surface area contributed by atoms with E-state index in [9.17, 15) is 18.3 Å². The standard InChI is InChI=1S/C21H15ClF3N5O2/c22-14-7-11(17(32)10-31)8-28-19(14)16-3-2-13-15(29-16)5-6-26-20(13)30-18-4-1-12(9-27-18)21(23,24)25/h1-9,17,31-32H,10H2,(H,26,27,30)/t17-/m1/s1. The van der Waals surface area contributed by atoms with Gasteiger partial charge in [0.25, 0.3) is 0 Å². The fourth-order valence-electron chi connectivity index (χ4n) is 2.97. The van der Waals surface area contributed by atoms with Gasteiger partial charge in [-0.05, 0) is 36.4 Å². The van der Waals surface area contributed by atoms with E-state index in [1.807, 2.05) is 0 Å². The molecule has 0 aliphatic heterocycles. The second-order valence-electron chi connectivity index (χ2n) is 6.78. The van der Waals surface area contributed by atoms with Crippen LogP contribution in [0.1, 0.15) is 17.2 Å². The summed E-state index contributed by atoms with van der Waals surface area (Å²) in [6, 6.07) is 8.73. The quantitative estimate of drug-likeness (QED) is 0.401. The zero-order valence-corrected chi connectivity index (χ0v) is 16.9. The number of hydrogen-bond acceptors (Lipinski definition) is 7. The molecule has 7 nitrogen and oxygen atoms in total. The molecule has 4 aromatic heterocycles. The van der Waals surface area contributed by atoms with E-state index in [0.717, 1.165) is 12.3 Å². The van der Waals surface area contributed by atoms with E-state index in [0.29, 0.717) is 33.7 Å². The number of fused-ring (bicyclic) bond motifs is 1. The zero-order valence-electron chi connectivity index (χ0n) is 16.2. The first kappa shape index (κ1) is 21.9. The van der Waals surface area contributed by atoms with Gasteiger partial charge in [0.15, 0.2) is 0 Å². The van der Waals surface area contributed by atoms with E-state index in [4.69, 9.17) is 16.7 Å². The molecular weight excluding hydrogens is 447 g/mol. The molecule has 4 rings (SSSR count). The normalized spacial score (nSPS) is 12.7. The highest BCUT2D eigenvalue weighted by Crippen LogP contribution is 2.31. The lowest BCUT2D eigenvalue weighted by molar-refractivity contribution is -0.137. The van der Waals surface area contributed by atoms with Crippen LogP contribution in [0, 0.1) is 0 Å². The number of aromatic nitrogens is 4. The minimum absolute atomic E-state index is 0.199. The third-order valence-corrected chi connectivity index (χ3v) is 4.90. The molecule has 0 radical (unpaired) electrons. The number of aliphatic hydroxyl groups is 2. The Hall–Kier alpha value is -3.34. The Balaban J connectivity index is 1.64. The van der Waals surface area contributed by atoms with Gasteiger partial charge in [0.1, 0.15) is 23.4 Å². The summed E-state index contributed by atoms with van der Waals surface area (Å²) in [6.45, 7) is -0.456. The Morgan fingerprint density at radius 3 is 2.50 bits per heavy atom. The van der Waals surface area contributed by atoms with E-state index in [1.54, 1.807) is 18.2 Å². The molecule has 0 fully saturated rings. The molecule has 0 spiro atoms. The fourth-order valence-corrected chi connectivity index (χ4v) is 3.24. The van der Waals surface area contributed by atoms with Crippen LogP contribution in [-0.4, -0.2) is 36.8 Å². The van der Waals surface area contributed by atoms with Gasteiger partial charge in [-0.15, -0.1) is 0 Å². The number of alkyl halides is 3. The largest absolute Gasteiger partial charge is 0.417 e. The number of anilines is 2. The SMILES string of the molecule is OC[C@@H](O)c1cnc(-c2ccc3c(Nc4ccc(C(F)(F)F)cn4)nccc3n2)c(Cl)c1. The maximum absolute atomic E-state index is 12.7. The lowest BCUT2D eigenvalue weighted by atomic mass is 10.1. The average Bonchev–Trinajstić information content (AvgIpc) is 2.78. The van der Waals surface area contributed by atoms with Crippen LogP contribution in [-0.2, 0) is 6.18 Å². The van der Waals surface area contributed by atoms with Crippen molar-refractivity contribution in [1.29, 1.82) is 0 Å². The Bertz CT molecular complexity index is 1270. The third kappa shape index (κ3) is 4.47. The summed E-state index contributed by atoms with van der Waals surface area (Å²) in [7, 11) is 0. The molecule has 0 amide bonds. The first-order valence-electron chi connectivity index (χ1n) is 9.27. The molecule has 0 aromatic carbocycles. The molecule has 11 heteroatoms. The van der Waals surface area contributed by atoms with E-state index in [2.05, 4.69) is 25.3 Å². The maximum atomic E-state index is 12.7. The molecule has 0 aliphatic carbocycles. The highest BCUT2D eigenvalue weighted by atomic mass is 35.5. The van der Waals surface area contributed by atoms with Crippen molar-refractivity contribution in [3.05, 3.63) is 71.1 Å². The van der Waals surface area contributed by atoms with Crippen LogP contribution in [0.5, 0.6) is 0 Å². The van der Waals surface area contributed by atoms with Crippen molar-refractivity contribution in [3.8, 4) is 11.4 Å². The number of hydrogen-bond donors (Lipinski definition) is 3. The number of rotatable bonds is 5.